The average molecular weight is 501 g/mol. The van der Waals surface area contributed by atoms with Crippen molar-refractivity contribution in [3.05, 3.63) is 75.3 Å². The molecular weight excluding hydrogens is 468 g/mol. The van der Waals surface area contributed by atoms with Gasteiger partial charge in [0.25, 0.3) is 5.91 Å². The summed E-state index contributed by atoms with van der Waals surface area (Å²) in [5, 5.41) is 6.61. The third-order valence-electron chi connectivity index (χ3n) is 7.39. The maximum Gasteiger partial charge on any atom is 0.341 e. The second-order valence-corrected chi connectivity index (χ2v) is 10.3. The Morgan fingerprint density at radius 3 is 2.56 bits per heavy atom. The number of esters is 1. The van der Waals surface area contributed by atoms with E-state index >= 15 is 0 Å². The van der Waals surface area contributed by atoms with Gasteiger partial charge in [0.05, 0.1) is 7.11 Å². The molecule has 2 aromatic carbocycles. The van der Waals surface area contributed by atoms with Gasteiger partial charge in [-0.25, -0.2) is 4.79 Å². The van der Waals surface area contributed by atoms with Crippen LogP contribution in [0.4, 0.5) is 5.00 Å². The van der Waals surface area contributed by atoms with Gasteiger partial charge in [-0.3, -0.25) is 4.79 Å². The molecule has 0 atom stereocenters. The van der Waals surface area contributed by atoms with E-state index in [-0.39, 0.29) is 5.91 Å². The second-order valence-electron chi connectivity index (χ2n) is 9.41. The molecule has 0 aliphatic heterocycles. The molecular formula is C30H32N2O3S. The molecule has 1 amide bonds. The number of nitrogens with zero attached hydrogens (tertiary/aromatic N) is 1. The number of anilines is 1. The van der Waals surface area contributed by atoms with Crippen LogP contribution >= 0.6 is 11.3 Å². The lowest BCUT2D eigenvalue weighted by molar-refractivity contribution is 0.0603. The number of amides is 1. The summed E-state index contributed by atoms with van der Waals surface area (Å²) in [4.78, 5) is 26.6. The maximum atomic E-state index is 13.7. The molecule has 0 bridgehead atoms. The first-order valence-electron chi connectivity index (χ1n) is 12.7. The standard InChI is InChI=1S/C30H32N2O3S/c1-5-19-11-14-25-23(15-19)18(3)27(32(25)6-2)28(33)31-29-26(30(34)35-4)24(17-36-29)22-13-12-20-9-7-8-10-21(20)16-22/h11-17H,5-10H2,1-4H3,(H,31,33). The van der Waals surface area contributed by atoms with Crippen molar-refractivity contribution in [2.45, 2.75) is 59.4 Å². The van der Waals surface area contributed by atoms with Gasteiger partial charge < -0.3 is 14.6 Å². The van der Waals surface area contributed by atoms with E-state index in [2.05, 4.69) is 53.2 Å². The predicted molar refractivity (Wildman–Crippen MR) is 147 cm³/mol. The normalized spacial score (nSPS) is 13.0. The van der Waals surface area contributed by atoms with E-state index in [0.717, 1.165) is 46.9 Å². The summed E-state index contributed by atoms with van der Waals surface area (Å²) in [5.41, 5.74) is 8.80. The molecule has 0 saturated heterocycles. The first kappa shape index (κ1) is 24.3. The van der Waals surface area contributed by atoms with Crippen LogP contribution in [0.3, 0.4) is 0 Å². The van der Waals surface area contributed by atoms with Gasteiger partial charge in [-0.2, -0.15) is 0 Å². The Morgan fingerprint density at radius 1 is 1.06 bits per heavy atom. The lowest BCUT2D eigenvalue weighted by Crippen LogP contribution is -2.19. The van der Waals surface area contributed by atoms with E-state index in [4.69, 9.17) is 4.74 Å². The molecule has 0 fully saturated rings. The van der Waals surface area contributed by atoms with Gasteiger partial charge in [0.15, 0.2) is 0 Å². The number of hydrogen-bond acceptors (Lipinski definition) is 4. The summed E-state index contributed by atoms with van der Waals surface area (Å²) in [6.07, 6.45) is 5.52. The van der Waals surface area contributed by atoms with Crippen molar-refractivity contribution in [2.24, 2.45) is 0 Å². The van der Waals surface area contributed by atoms with Crippen LogP contribution < -0.4 is 5.32 Å². The summed E-state index contributed by atoms with van der Waals surface area (Å²) in [6, 6.07) is 12.8. The van der Waals surface area contributed by atoms with Crippen molar-refractivity contribution in [2.75, 3.05) is 12.4 Å². The molecule has 2 heterocycles. The third kappa shape index (κ3) is 4.13. The average Bonchev–Trinajstić information content (AvgIpc) is 3.45. The minimum absolute atomic E-state index is 0.215. The van der Waals surface area contributed by atoms with Crippen LogP contribution in [0.25, 0.3) is 22.0 Å². The summed E-state index contributed by atoms with van der Waals surface area (Å²) in [6.45, 7) is 6.85. The Labute approximate surface area is 216 Å². The molecule has 0 radical (unpaired) electrons. The predicted octanol–water partition coefficient (Wildman–Crippen LogP) is 7.18. The van der Waals surface area contributed by atoms with E-state index in [9.17, 15) is 9.59 Å². The first-order chi connectivity index (χ1) is 17.5. The molecule has 5 rings (SSSR count). The Morgan fingerprint density at radius 2 is 1.83 bits per heavy atom. The van der Waals surface area contributed by atoms with Crippen molar-refractivity contribution in [3.63, 3.8) is 0 Å². The molecule has 6 heteroatoms. The Bertz CT molecular complexity index is 1480. The van der Waals surface area contributed by atoms with Crippen molar-refractivity contribution in [1.82, 2.24) is 4.57 Å². The lowest BCUT2D eigenvalue weighted by Gasteiger charge is -2.17. The molecule has 1 N–H and O–H groups in total. The highest BCUT2D eigenvalue weighted by molar-refractivity contribution is 7.15. The molecule has 4 aromatic rings. The van der Waals surface area contributed by atoms with Crippen LogP contribution in [-0.4, -0.2) is 23.6 Å². The third-order valence-corrected chi connectivity index (χ3v) is 8.28. The summed E-state index contributed by atoms with van der Waals surface area (Å²) < 4.78 is 7.20. The van der Waals surface area contributed by atoms with Gasteiger partial charge in [0.2, 0.25) is 0 Å². The number of hydrogen-bond donors (Lipinski definition) is 1. The quantitative estimate of drug-likeness (QED) is 0.285. The van der Waals surface area contributed by atoms with E-state index < -0.39 is 5.97 Å². The van der Waals surface area contributed by atoms with Gasteiger partial charge in [-0.15, -0.1) is 11.3 Å². The van der Waals surface area contributed by atoms with Crippen molar-refractivity contribution in [3.8, 4) is 11.1 Å². The number of thiophene rings is 1. The van der Waals surface area contributed by atoms with Gasteiger partial charge >= 0.3 is 5.97 Å². The lowest BCUT2D eigenvalue weighted by atomic mass is 9.89. The number of ether oxygens (including phenoxy) is 1. The number of nitrogens with one attached hydrogen (secondary N) is 1. The summed E-state index contributed by atoms with van der Waals surface area (Å²) >= 11 is 1.37. The van der Waals surface area contributed by atoms with Crippen molar-refractivity contribution in [1.29, 1.82) is 0 Å². The zero-order chi connectivity index (χ0) is 25.4. The van der Waals surface area contributed by atoms with Crippen molar-refractivity contribution < 1.29 is 14.3 Å². The Balaban J connectivity index is 1.55. The Hall–Kier alpha value is -3.38. The van der Waals surface area contributed by atoms with Gasteiger partial charge in [0.1, 0.15) is 16.3 Å². The topological polar surface area (TPSA) is 60.3 Å². The highest BCUT2D eigenvalue weighted by Gasteiger charge is 2.26. The minimum atomic E-state index is -0.445. The van der Waals surface area contributed by atoms with E-state index in [1.54, 1.807) is 0 Å². The van der Waals surface area contributed by atoms with Crippen LogP contribution in [0.15, 0.2) is 41.8 Å². The zero-order valence-corrected chi connectivity index (χ0v) is 22.2. The monoisotopic (exact) mass is 500 g/mol. The number of benzene rings is 2. The summed E-state index contributed by atoms with van der Waals surface area (Å²) in [5.74, 6) is -0.660. The number of methoxy groups -OCH3 is 1. The molecule has 0 spiro atoms. The zero-order valence-electron chi connectivity index (χ0n) is 21.4. The van der Waals surface area contributed by atoms with Crippen LogP contribution in [0.5, 0.6) is 0 Å². The van der Waals surface area contributed by atoms with Crippen LogP contribution in [0.1, 0.15) is 69.8 Å². The van der Waals surface area contributed by atoms with Crippen LogP contribution in [-0.2, 0) is 30.5 Å². The van der Waals surface area contributed by atoms with E-state index in [1.807, 2.05) is 19.2 Å². The fourth-order valence-electron chi connectivity index (χ4n) is 5.44. The van der Waals surface area contributed by atoms with Crippen molar-refractivity contribution >= 4 is 39.1 Å². The fourth-order valence-corrected chi connectivity index (χ4v) is 6.39. The van der Waals surface area contributed by atoms with Gasteiger partial charge in [-0.05, 0) is 85.9 Å². The van der Waals surface area contributed by atoms with Crippen LogP contribution in [0.2, 0.25) is 0 Å². The smallest absolute Gasteiger partial charge is 0.341 e. The summed E-state index contributed by atoms with van der Waals surface area (Å²) in [7, 11) is 1.38. The number of carbonyl (C=O) groups excluding carboxylic acids is 2. The van der Waals surface area contributed by atoms with E-state index in [0.29, 0.717) is 22.8 Å². The van der Waals surface area contributed by atoms with Gasteiger partial charge in [0, 0.05) is 28.4 Å². The molecule has 0 unspecified atom stereocenters. The number of rotatable bonds is 6. The second kappa shape index (κ2) is 9.94. The number of aromatic nitrogens is 1. The molecule has 2 aromatic heterocycles. The first-order valence-corrected chi connectivity index (χ1v) is 13.6. The molecule has 1 aliphatic rings. The molecule has 36 heavy (non-hydrogen) atoms. The molecule has 1 aliphatic carbocycles. The minimum Gasteiger partial charge on any atom is -0.465 e. The largest absolute Gasteiger partial charge is 0.465 e. The van der Waals surface area contributed by atoms with E-state index in [1.165, 1.54) is 48.0 Å². The highest BCUT2D eigenvalue weighted by atomic mass is 32.1. The SMILES string of the molecule is CCc1ccc2c(c1)c(C)c(C(=O)Nc1scc(-c3ccc4c(c3)CCCC4)c1C(=O)OC)n2CC. The molecule has 0 saturated carbocycles. The number of aryl methyl sites for hydroxylation is 5. The molecule has 5 nitrogen and oxygen atoms in total. The highest BCUT2D eigenvalue weighted by Crippen LogP contribution is 2.38. The fraction of sp³-hybridized carbons (Fsp3) is 0.333. The number of carbonyl (C=O) groups is 2. The molecule has 186 valence electrons. The number of fused-ring (bicyclic) bond motifs is 2. The van der Waals surface area contributed by atoms with Gasteiger partial charge in [-0.1, -0.05) is 31.2 Å². The Kier molecular flexibility index (Phi) is 6.71. The maximum absolute atomic E-state index is 13.7. The van der Waals surface area contributed by atoms with Crippen LogP contribution in [0, 0.1) is 6.92 Å².